The van der Waals surface area contributed by atoms with E-state index in [1.807, 2.05) is 19.1 Å². The van der Waals surface area contributed by atoms with Crippen molar-refractivity contribution in [3.05, 3.63) is 75.9 Å². The normalized spacial score (nSPS) is 10.9. The highest BCUT2D eigenvalue weighted by molar-refractivity contribution is 5.81. The number of rotatable bonds is 6. The molecule has 0 spiro atoms. The van der Waals surface area contributed by atoms with Gasteiger partial charge in [0.25, 0.3) is 0 Å². The molecule has 5 heteroatoms. The Bertz CT molecular complexity index is 904. The molecule has 1 aromatic heterocycles. The molecule has 0 unspecified atom stereocenters. The number of hydrogen-bond acceptors (Lipinski definition) is 4. The minimum Gasteiger partial charge on any atom is -0.489 e. The number of halogens is 1. The highest BCUT2D eigenvalue weighted by atomic mass is 19.1. The molecule has 0 bridgehead atoms. The van der Waals surface area contributed by atoms with E-state index >= 15 is 0 Å². The summed E-state index contributed by atoms with van der Waals surface area (Å²) in [5.74, 6) is 0.268. The summed E-state index contributed by atoms with van der Waals surface area (Å²) in [5, 5.41) is 4.07. The lowest BCUT2D eigenvalue weighted by atomic mass is 10.1. The van der Waals surface area contributed by atoms with Crippen molar-refractivity contribution >= 4 is 11.0 Å². The Labute approximate surface area is 138 Å². The zero-order valence-corrected chi connectivity index (χ0v) is 13.3. The summed E-state index contributed by atoms with van der Waals surface area (Å²) < 4.78 is 24.1. The Morgan fingerprint density at radius 3 is 2.83 bits per heavy atom. The first-order valence-corrected chi connectivity index (χ1v) is 7.80. The Balaban J connectivity index is 1.84. The van der Waals surface area contributed by atoms with Gasteiger partial charge in [-0.25, -0.2) is 9.18 Å². The zero-order chi connectivity index (χ0) is 16.9. The van der Waals surface area contributed by atoms with Crippen LogP contribution in [0.1, 0.15) is 18.1 Å². The van der Waals surface area contributed by atoms with Gasteiger partial charge in [0, 0.05) is 24.1 Å². The average Bonchev–Trinajstić information content (AvgIpc) is 2.57. The third kappa shape index (κ3) is 3.81. The van der Waals surface area contributed by atoms with Gasteiger partial charge in [-0.2, -0.15) is 0 Å². The second-order valence-corrected chi connectivity index (χ2v) is 5.45. The summed E-state index contributed by atoms with van der Waals surface area (Å²) in [4.78, 5) is 11.7. The van der Waals surface area contributed by atoms with E-state index in [2.05, 4.69) is 5.32 Å². The maximum Gasteiger partial charge on any atom is 0.336 e. The van der Waals surface area contributed by atoms with Crippen molar-refractivity contribution in [3.8, 4) is 5.75 Å². The van der Waals surface area contributed by atoms with E-state index in [4.69, 9.17) is 9.15 Å². The summed E-state index contributed by atoms with van der Waals surface area (Å²) in [6.45, 7) is 3.66. The fraction of sp³-hybridized carbons (Fsp3) is 0.211. The predicted molar refractivity (Wildman–Crippen MR) is 90.6 cm³/mol. The third-order valence-electron chi connectivity index (χ3n) is 3.66. The molecule has 0 amide bonds. The first-order valence-electron chi connectivity index (χ1n) is 7.80. The zero-order valence-electron chi connectivity index (χ0n) is 13.3. The molecule has 0 atom stereocenters. The average molecular weight is 327 g/mol. The molecular formula is C19H18FNO3. The minimum atomic E-state index is -0.391. The molecule has 0 fully saturated rings. The maximum absolute atomic E-state index is 13.2. The van der Waals surface area contributed by atoms with Crippen molar-refractivity contribution in [2.75, 3.05) is 6.54 Å². The molecule has 0 aliphatic rings. The minimum absolute atomic E-state index is 0.241. The molecule has 0 aliphatic heterocycles. The number of benzene rings is 2. The van der Waals surface area contributed by atoms with Crippen LogP contribution >= 0.6 is 0 Å². The molecule has 124 valence electrons. The lowest BCUT2D eigenvalue weighted by Gasteiger charge is -2.09. The van der Waals surface area contributed by atoms with Crippen molar-refractivity contribution in [2.45, 2.75) is 20.1 Å². The molecule has 0 radical (unpaired) electrons. The van der Waals surface area contributed by atoms with Crippen LogP contribution in [0, 0.1) is 5.82 Å². The monoisotopic (exact) mass is 327 g/mol. The standard InChI is InChI=1S/C19H18FNO3/c1-2-21-11-14-9-19(22)24-18-10-16(6-7-17(14)18)23-12-13-4-3-5-15(20)8-13/h3-10,21H,2,11-12H2,1H3. The third-order valence-corrected chi connectivity index (χ3v) is 3.66. The fourth-order valence-corrected chi connectivity index (χ4v) is 2.50. The van der Waals surface area contributed by atoms with Gasteiger partial charge in [-0.15, -0.1) is 0 Å². The first-order chi connectivity index (χ1) is 11.7. The summed E-state index contributed by atoms with van der Waals surface area (Å²) in [6, 6.07) is 13.1. The summed E-state index contributed by atoms with van der Waals surface area (Å²) in [5.41, 5.74) is 1.71. The van der Waals surface area contributed by atoms with Gasteiger partial charge in [-0.1, -0.05) is 19.1 Å². The van der Waals surface area contributed by atoms with Crippen molar-refractivity contribution in [3.63, 3.8) is 0 Å². The Morgan fingerprint density at radius 1 is 1.17 bits per heavy atom. The largest absolute Gasteiger partial charge is 0.489 e. The molecule has 2 aromatic carbocycles. The van der Waals surface area contributed by atoms with Crippen LogP contribution in [-0.2, 0) is 13.2 Å². The quantitative estimate of drug-likeness (QED) is 0.703. The number of hydrogen-bond donors (Lipinski definition) is 1. The fourth-order valence-electron chi connectivity index (χ4n) is 2.50. The summed E-state index contributed by atoms with van der Waals surface area (Å²) in [7, 11) is 0. The molecule has 1 heterocycles. The Morgan fingerprint density at radius 2 is 2.04 bits per heavy atom. The van der Waals surface area contributed by atoms with E-state index in [-0.39, 0.29) is 12.4 Å². The maximum atomic E-state index is 13.2. The van der Waals surface area contributed by atoms with Crippen LogP contribution in [0.4, 0.5) is 4.39 Å². The van der Waals surface area contributed by atoms with Crippen LogP contribution in [0.2, 0.25) is 0 Å². The van der Waals surface area contributed by atoms with Crippen LogP contribution in [0.3, 0.4) is 0 Å². The highest BCUT2D eigenvalue weighted by Gasteiger charge is 2.07. The van der Waals surface area contributed by atoms with E-state index in [9.17, 15) is 9.18 Å². The second kappa shape index (κ2) is 7.27. The molecule has 3 aromatic rings. The van der Waals surface area contributed by atoms with Gasteiger partial charge in [0.15, 0.2) is 0 Å². The van der Waals surface area contributed by atoms with E-state index in [0.29, 0.717) is 17.9 Å². The van der Waals surface area contributed by atoms with Gasteiger partial charge in [-0.3, -0.25) is 0 Å². The van der Waals surface area contributed by atoms with Crippen molar-refractivity contribution in [1.82, 2.24) is 5.32 Å². The van der Waals surface area contributed by atoms with E-state index < -0.39 is 5.63 Å². The second-order valence-electron chi connectivity index (χ2n) is 5.45. The lowest BCUT2D eigenvalue weighted by molar-refractivity contribution is 0.305. The van der Waals surface area contributed by atoms with Crippen molar-refractivity contribution in [1.29, 1.82) is 0 Å². The van der Waals surface area contributed by atoms with Gasteiger partial charge in [0.2, 0.25) is 0 Å². The molecule has 1 N–H and O–H groups in total. The first kappa shape index (κ1) is 16.2. The van der Waals surface area contributed by atoms with Crippen molar-refractivity contribution in [2.24, 2.45) is 0 Å². The van der Waals surface area contributed by atoms with Crippen molar-refractivity contribution < 1.29 is 13.5 Å². The summed E-state index contributed by atoms with van der Waals surface area (Å²) >= 11 is 0. The van der Waals surface area contributed by atoms with Gasteiger partial charge >= 0.3 is 5.63 Å². The number of fused-ring (bicyclic) bond motifs is 1. The predicted octanol–water partition coefficient (Wildman–Crippen LogP) is 3.62. The van der Waals surface area contributed by atoms with Crippen LogP contribution in [0.15, 0.2) is 57.7 Å². The molecule has 3 rings (SSSR count). The molecule has 4 nitrogen and oxygen atoms in total. The van der Waals surface area contributed by atoms with E-state index in [0.717, 1.165) is 23.1 Å². The summed E-state index contributed by atoms with van der Waals surface area (Å²) in [6.07, 6.45) is 0. The Kier molecular flexibility index (Phi) is 4.91. The number of nitrogens with one attached hydrogen (secondary N) is 1. The smallest absolute Gasteiger partial charge is 0.336 e. The molecule has 0 aliphatic carbocycles. The van der Waals surface area contributed by atoms with Crippen LogP contribution < -0.4 is 15.7 Å². The lowest BCUT2D eigenvalue weighted by Crippen LogP contribution is -2.14. The van der Waals surface area contributed by atoms with Gasteiger partial charge in [0.1, 0.15) is 23.8 Å². The van der Waals surface area contributed by atoms with E-state index in [1.54, 1.807) is 18.2 Å². The molecule has 0 saturated heterocycles. The molecule has 24 heavy (non-hydrogen) atoms. The van der Waals surface area contributed by atoms with Gasteiger partial charge in [-0.05, 0) is 41.9 Å². The van der Waals surface area contributed by atoms with Crippen LogP contribution in [0.25, 0.3) is 11.0 Å². The van der Waals surface area contributed by atoms with Crippen LogP contribution in [0.5, 0.6) is 5.75 Å². The van der Waals surface area contributed by atoms with Gasteiger partial charge in [0.05, 0.1) is 0 Å². The molecular weight excluding hydrogens is 309 g/mol. The number of ether oxygens (including phenoxy) is 1. The Hall–Kier alpha value is -2.66. The molecule has 0 saturated carbocycles. The van der Waals surface area contributed by atoms with Gasteiger partial charge < -0.3 is 14.5 Å². The van der Waals surface area contributed by atoms with Crippen LogP contribution in [-0.4, -0.2) is 6.54 Å². The highest BCUT2D eigenvalue weighted by Crippen LogP contribution is 2.23. The topological polar surface area (TPSA) is 51.5 Å². The van der Waals surface area contributed by atoms with E-state index in [1.165, 1.54) is 18.2 Å². The SMILES string of the molecule is CCNCc1cc(=O)oc2cc(OCc3cccc(F)c3)ccc12.